The highest BCUT2D eigenvalue weighted by atomic mass is 19.3. The van der Waals surface area contributed by atoms with Gasteiger partial charge in [0.15, 0.2) is 11.5 Å². The fraction of sp³-hybridized carbons (Fsp3) is 0.321. The second-order valence-electron chi connectivity index (χ2n) is 9.63. The molecule has 1 atom stereocenters. The van der Waals surface area contributed by atoms with Gasteiger partial charge in [-0.1, -0.05) is 60.7 Å². The van der Waals surface area contributed by atoms with Gasteiger partial charge < -0.3 is 9.64 Å². The summed E-state index contributed by atoms with van der Waals surface area (Å²) in [6.45, 7) is 4.92. The molecule has 0 N–H and O–H groups in total. The van der Waals surface area contributed by atoms with Gasteiger partial charge in [0.1, 0.15) is 5.60 Å². The molecule has 0 aliphatic carbocycles. The second kappa shape index (κ2) is 11.9. The molecular weight excluding hydrogens is 485 g/mol. The number of rotatable bonds is 10. The van der Waals surface area contributed by atoms with Crippen molar-refractivity contribution in [3.8, 4) is 0 Å². The Labute approximate surface area is 213 Å². The fourth-order valence-corrected chi connectivity index (χ4v) is 4.01. The fourth-order valence-electron chi connectivity index (χ4n) is 4.01. The highest BCUT2D eigenvalue weighted by Gasteiger charge is 2.35. The van der Waals surface area contributed by atoms with Crippen LogP contribution in [0.3, 0.4) is 0 Å². The van der Waals surface area contributed by atoms with Gasteiger partial charge >= 0.3 is 5.97 Å². The molecule has 1 unspecified atom stereocenters. The summed E-state index contributed by atoms with van der Waals surface area (Å²) in [5, 5.41) is 12.0. The van der Waals surface area contributed by atoms with E-state index >= 15 is 4.39 Å². The average Bonchev–Trinajstić information content (AvgIpc) is 2.82. The van der Waals surface area contributed by atoms with Gasteiger partial charge in [-0.25, -0.2) is 13.2 Å². The molecule has 3 aromatic rings. The van der Waals surface area contributed by atoms with Crippen LogP contribution in [0.25, 0.3) is 0 Å². The van der Waals surface area contributed by atoms with Gasteiger partial charge in [0.2, 0.25) is 6.43 Å². The van der Waals surface area contributed by atoms with Gasteiger partial charge in [0.25, 0.3) is 5.69 Å². The Morgan fingerprint density at radius 3 is 1.89 bits per heavy atom. The normalized spacial score (nSPS) is 12.3. The summed E-state index contributed by atoms with van der Waals surface area (Å²) in [4.78, 5) is 25.6. The lowest BCUT2D eigenvalue weighted by Crippen LogP contribution is -2.30. The monoisotopic (exact) mass is 514 g/mol. The largest absolute Gasteiger partial charge is 0.459 e. The smallest absolute Gasteiger partial charge is 0.314 e. The lowest BCUT2D eigenvalue weighted by Gasteiger charge is -2.28. The minimum atomic E-state index is -2.93. The number of esters is 1. The molecule has 0 spiro atoms. The van der Waals surface area contributed by atoms with Crippen LogP contribution < -0.4 is 4.90 Å². The molecule has 0 amide bonds. The molecule has 196 valence electrons. The number of carbonyl (C=O) groups excluding carboxylic acids is 1. The van der Waals surface area contributed by atoms with Gasteiger partial charge in [-0.15, -0.1) is 0 Å². The van der Waals surface area contributed by atoms with E-state index in [0.717, 1.165) is 23.3 Å². The quantitative estimate of drug-likeness (QED) is 0.165. The summed E-state index contributed by atoms with van der Waals surface area (Å²) < 4.78 is 48.5. The first-order valence-electron chi connectivity index (χ1n) is 11.8. The predicted molar refractivity (Wildman–Crippen MR) is 135 cm³/mol. The third-order valence-electron chi connectivity index (χ3n) is 5.55. The topological polar surface area (TPSA) is 72.7 Å². The second-order valence-corrected chi connectivity index (χ2v) is 9.63. The first kappa shape index (κ1) is 27.7. The van der Waals surface area contributed by atoms with E-state index in [9.17, 15) is 23.7 Å². The van der Waals surface area contributed by atoms with Crippen molar-refractivity contribution in [3.63, 3.8) is 0 Å². The summed E-state index contributed by atoms with van der Waals surface area (Å²) in [7, 11) is 0. The van der Waals surface area contributed by atoms with E-state index < -0.39 is 46.8 Å². The van der Waals surface area contributed by atoms with Crippen LogP contribution in [0.1, 0.15) is 49.8 Å². The number of carbonyl (C=O) groups is 1. The van der Waals surface area contributed by atoms with E-state index in [1.54, 1.807) is 69.3 Å². The average molecular weight is 515 g/mol. The Hall–Kier alpha value is -3.88. The van der Waals surface area contributed by atoms with Crippen LogP contribution in [0.15, 0.2) is 72.8 Å². The van der Waals surface area contributed by atoms with Crippen LogP contribution in [0.2, 0.25) is 0 Å². The Kier molecular flexibility index (Phi) is 8.91. The zero-order valence-electron chi connectivity index (χ0n) is 20.9. The summed E-state index contributed by atoms with van der Waals surface area (Å²) in [6, 6.07) is 20.1. The van der Waals surface area contributed by atoms with E-state index in [0.29, 0.717) is 0 Å². The predicted octanol–water partition coefficient (Wildman–Crippen LogP) is 7.02. The zero-order chi connectivity index (χ0) is 27.2. The van der Waals surface area contributed by atoms with Gasteiger partial charge in [0.05, 0.1) is 10.8 Å². The van der Waals surface area contributed by atoms with Crippen molar-refractivity contribution in [2.45, 2.75) is 58.2 Å². The molecular formula is C28H29F3N2O4. The van der Waals surface area contributed by atoms with Crippen LogP contribution in [-0.2, 0) is 22.6 Å². The van der Waals surface area contributed by atoms with Crippen LogP contribution in [-0.4, -0.2) is 22.9 Å². The van der Waals surface area contributed by atoms with E-state index in [1.165, 1.54) is 4.90 Å². The Morgan fingerprint density at radius 1 is 0.946 bits per heavy atom. The van der Waals surface area contributed by atoms with Crippen LogP contribution in [0, 0.1) is 15.9 Å². The molecule has 0 saturated heterocycles. The van der Waals surface area contributed by atoms with Gasteiger partial charge in [-0.05, 0) is 38.0 Å². The summed E-state index contributed by atoms with van der Waals surface area (Å²) in [6.07, 6.45) is -3.92. The first-order chi connectivity index (χ1) is 17.5. The number of nitro benzene ring substituents is 1. The minimum Gasteiger partial charge on any atom is -0.459 e. The summed E-state index contributed by atoms with van der Waals surface area (Å²) in [5.41, 5.74) is -0.764. The van der Waals surface area contributed by atoms with E-state index in [-0.39, 0.29) is 24.3 Å². The number of halogens is 3. The number of hydrogen-bond acceptors (Lipinski definition) is 5. The molecule has 0 radical (unpaired) electrons. The third-order valence-corrected chi connectivity index (χ3v) is 5.55. The number of ether oxygens (including phenoxy) is 1. The number of nitro groups is 1. The number of alkyl halides is 2. The van der Waals surface area contributed by atoms with E-state index in [4.69, 9.17) is 4.74 Å². The standard InChI is InChI=1S/C28H29F3N2O4/c1-28(2,3)37-27(34)22(16-24(29)30)21-14-15-23(33(35)36)26(25(21)31)32(17-19-10-6-4-7-11-19)18-20-12-8-5-9-13-20/h4-15,22,24H,16-18H2,1-3H3. The lowest BCUT2D eigenvalue weighted by atomic mass is 9.93. The van der Waals surface area contributed by atoms with Gasteiger partial charge in [0, 0.05) is 31.1 Å². The maximum absolute atomic E-state index is 16.2. The van der Waals surface area contributed by atoms with Crippen LogP contribution in [0.5, 0.6) is 0 Å². The molecule has 37 heavy (non-hydrogen) atoms. The highest BCUT2D eigenvalue weighted by molar-refractivity contribution is 5.80. The molecule has 0 heterocycles. The number of nitrogens with zero attached hydrogens (tertiary/aromatic N) is 2. The van der Waals surface area contributed by atoms with Crippen molar-refractivity contribution in [1.82, 2.24) is 0 Å². The first-order valence-corrected chi connectivity index (χ1v) is 11.8. The minimum absolute atomic E-state index is 0.100. The van der Waals surface area contributed by atoms with Gasteiger partial charge in [-0.2, -0.15) is 0 Å². The van der Waals surface area contributed by atoms with Crippen molar-refractivity contribution in [2.75, 3.05) is 4.90 Å². The van der Waals surface area contributed by atoms with Crippen molar-refractivity contribution in [1.29, 1.82) is 0 Å². The van der Waals surface area contributed by atoms with E-state index in [1.807, 2.05) is 12.1 Å². The SMILES string of the molecule is CC(C)(C)OC(=O)C(CC(F)F)c1ccc([N+](=O)[O-])c(N(Cc2ccccc2)Cc2ccccc2)c1F. The van der Waals surface area contributed by atoms with E-state index in [2.05, 4.69) is 0 Å². The molecule has 6 nitrogen and oxygen atoms in total. The van der Waals surface area contributed by atoms with Crippen molar-refractivity contribution < 1.29 is 27.6 Å². The van der Waals surface area contributed by atoms with Crippen molar-refractivity contribution in [2.24, 2.45) is 0 Å². The lowest BCUT2D eigenvalue weighted by molar-refractivity contribution is -0.384. The number of benzene rings is 3. The Balaban J connectivity index is 2.18. The number of anilines is 1. The summed E-state index contributed by atoms with van der Waals surface area (Å²) in [5.74, 6) is -3.77. The van der Waals surface area contributed by atoms with Crippen LogP contribution in [0.4, 0.5) is 24.5 Å². The third kappa shape index (κ3) is 7.55. The molecule has 9 heteroatoms. The zero-order valence-corrected chi connectivity index (χ0v) is 20.9. The number of hydrogen-bond donors (Lipinski definition) is 0. The van der Waals surface area contributed by atoms with Gasteiger partial charge in [-0.3, -0.25) is 14.9 Å². The maximum atomic E-state index is 16.2. The molecule has 0 aromatic heterocycles. The maximum Gasteiger partial charge on any atom is 0.314 e. The molecule has 0 fully saturated rings. The van der Waals surface area contributed by atoms with Crippen molar-refractivity contribution in [3.05, 3.63) is 105 Å². The Bertz CT molecular complexity index is 1170. The molecule has 3 aromatic carbocycles. The molecule has 0 bridgehead atoms. The summed E-state index contributed by atoms with van der Waals surface area (Å²) >= 11 is 0. The molecule has 0 aliphatic rings. The molecule has 0 aliphatic heterocycles. The molecule has 3 rings (SSSR count). The highest BCUT2D eigenvalue weighted by Crippen LogP contribution is 2.39. The van der Waals surface area contributed by atoms with Crippen LogP contribution >= 0.6 is 0 Å². The van der Waals surface area contributed by atoms with Crippen molar-refractivity contribution >= 4 is 17.3 Å². The Morgan fingerprint density at radius 2 is 1.46 bits per heavy atom. The molecule has 0 saturated carbocycles.